The van der Waals surface area contributed by atoms with E-state index in [4.69, 9.17) is 5.73 Å². The summed E-state index contributed by atoms with van der Waals surface area (Å²) in [5.74, 6) is 0.382. The first-order chi connectivity index (χ1) is 4.86. The minimum absolute atomic E-state index is 0.382. The van der Waals surface area contributed by atoms with Crippen LogP contribution in [-0.4, -0.2) is 5.71 Å². The topological polar surface area (TPSA) is 38.4 Å². The van der Waals surface area contributed by atoms with Gasteiger partial charge < -0.3 is 5.73 Å². The lowest BCUT2D eigenvalue weighted by atomic mass is 9.99. The molecule has 0 amide bonds. The van der Waals surface area contributed by atoms with Crippen molar-refractivity contribution in [3.63, 3.8) is 0 Å². The molecule has 0 fully saturated rings. The summed E-state index contributed by atoms with van der Waals surface area (Å²) in [7, 11) is 0. The second kappa shape index (κ2) is 1.84. The van der Waals surface area contributed by atoms with Crippen LogP contribution in [0.1, 0.15) is 0 Å². The van der Waals surface area contributed by atoms with Crippen LogP contribution in [0.15, 0.2) is 41.2 Å². The molecule has 1 aliphatic heterocycles. The van der Waals surface area contributed by atoms with Gasteiger partial charge in [0.25, 0.3) is 0 Å². The van der Waals surface area contributed by atoms with Crippen LogP contribution in [0.5, 0.6) is 0 Å². The van der Waals surface area contributed by atoms with Crippen LogP contribution in [0.2, 0.25) is 0 Å². The van der Waals surface area contributed by atoms with E-state index in [-0.39, 0.29) is 0 Å². The molecule has 1 heterocycles. The molecular formula is C8H8N2. The predicted molar refractivity (Wildman–Crippen MR) is 41.5 cm³/mol. The van der Waals surface area contributed by atoms with Crippen LogP contribution in [0.25, 0.3) is 0 Å². The zero-order valence-corrected chi connectivity index (χ0v) is 5.49. The fourth-order valence-corrected chi connectivity index (χ4v) is 1.14. The Bertz CT molecular complexity index is 269. The lowest BCUT2D eigenvalue weighted by Gasteiger charge is -2.07. The molecule has 0 saturated heterocycles. The predicted octanol–water partition coefficient (Wildman–Crippen LogP) is 0.983. The lowest BCUT2D eigenvalue weighted by Crippen LogP contribution is -2.11. The largest absolute Gasteiger partial charge is 0.399 e. The number of aliphatic imine (C=N–C) groups is 1. The summed E-state index contributed by atoms with van der Waals surface area (Å²) in [5.41, 5.74) is 7.40. The third kappa shape index (κ3) is 0.692. The van der Waals surface area contributed by atoms with Crippen molar-refractivity contribution in [1.29, 1.82) is 0 Å². The number of hydrogen-bond donors (Lipinski definition) is 1. The van der Waals surface area contributed by atoms with Gasteiger partial charge in [0.05, 0.1) is 5.71 Å². The maximum absolute atomic E-state index is 5.56. The molecule has 2 N–H and O–H groups in total. The van der Waals surface area contributed by atoms with E-state index >= 15 is 0 Å². The first-order valence-corrected chi connectivity index (χ1v) is 3.26. The molecule has 50 valence electrons. The first kappa shape index (κ1) is 5.47. The van der Waals surface area contributed by atoms with Gasteiger partial charge in [-0.05, 0) is 12.2 Å². The summed E-state index contributed by atoms with van der Waals surface area (Å²) in [4.78, 5) is 4.14. The molecule has 2 heteroatoms. The molecule has 0 unspecified atom stereocenters. The van der Waals surface area contributed by atoms with Crippen molar-refractivity contribution < 1.29 is 0 Å². The van der Waals surface area contributed by atoms with E-state index in [1.54, 1.807) is 0 Å². The van der Waals surface area contributed by atoms with Crippen molar-refractivity contribution in [3.8, 4) is 0 Å². The third-order valence-electron chi connectivity index (χ3n) is 1.67. The summed E-state index contributed by atoms with van der Waals surface area (Å²) < 4.78 is 0. The highest BCUT2D eigenvalue weighted by Crippen LogP contribution is 2.17. The molecule has 10 heavy (non-hydrogen) atoms. The van der Waals surface area contributed by atoms with Gasteiger partial charge in [-0.1, -0.05) is 12.2 Å². The molecule has 0 aromatic carbocycles. The summed E-state index contributed by atoms with van der Waals surface area (Å²) in [6.07, 6.45) is 9.75. The van der Waals surface area contributed by atoms with E-state index < -0.39 is 0 Å². The van der Waals surface area contributed by atoms with E-state index in [0.29, 0.717) is 5.92 Å². The Kier molecular flexibility index (Phi) is 1.01. The average Bonchev–Trinajstić information content (AvgIpc) is 2.33. The number of nitrogens with two attached hydrogens (primary N) is 1. The van der Waals surface area contributed by atoms with Crippen molar-refractivity contribution in [1.82, 2.24) is 0 Å². The van der Waals surface area contributed by atoms with Crippen molar-refractivity contribution in [3.05, 3.63) is 36.2 Å². The standard InChI is InChI=1S/C8H8N2/c9-7-2-1-6-3-4-10-8(6)5-7/h1-6H,9H2/t6-/m1/s1. The molecule has 0 saturated carbocycles. The van der Waals surface area contributed by atoms with Gasteiger partial charge in [0, 0.05) is 17.8 Å². The van der Waals surface area contributed by atoms with Gasteiger partial charge in [-0.25, -0.2) is 0 Å². The van der Waals surface area contributed by atoms with Gasteiger partial charge >= 0.3 is 0 Å². The van der Waals surface area contributed by atoms with Crippen molar-refractivity contribution in [2.75, 3.05) is 0 Å². The summed E-state index contributed by atoms with van der Waals surface area (Å²) in [6.45, 7) is 0. The SMILES string of the molecule is NC1=CC2=NC=C[C@H]2C=C1. The fourth-order valence-electron chi connectivity index (χ4n) is 1.14. The highest BCUT2D eigenvalue weighted by atomic mass is 14.7. The highest BCUT2D eigenvalue weighted by molar-refractivity contribution is 6.02. The number of allylic oxidation sites excluding steroid dienone is 4. The Hall–Kier alpha value is -1.31. The van der Waals surface area contributed by atoms with Crippen molar-refractivity contribution >= 4 is 5.71 Å². The molecule has 0 spiro atoms. The minimum atomic E-state index is 0.382. The van der Waals surface area contributed by atoms with Crippen LogP contribution in [0.3, 0.4) is 0 Å². The van der Waals surface area contributed by atoms with Gasteiger partial charge in [-0.15, -0.1) is 0 Å². The zero-order chi connectivity index (χ0) is 6.97. The summed E-state index contributed by atoms with van der Waals surface area (Å²) in [6, 6.07) is 0. The lowest BCUT2D eigenvalue weighted by molar-refractivity contribution is 1.14. The normalized spacial score (nSPS) is 27.8. The minimum Gasteiger partial charge on any atom is -0.399 e. The smallest absolute Gasteiger partial charge is 0.0531 e. The van der Waals surface area contributed by atoms with Crippen LogP contribution < -0.4 is 5.73 Å². The van der Waals surface area contributed by atoms with E-state index in [2.05, 4.69) is 17.1 Å². The quantitative estimate of drug-likeness (QED) is 0.524. The molecule has 2 rings (SSSR count). The second-order valence-corrected chi connectivity index (χ2v) is 2.42. The van der Waals surface area contributed by atoms with Gasteiger partial charge in [-0.2, -0.15) is 0 Å². The number of nitrogens with zero attached hydrogens (tertiary/aromatic N) is 1. The van der Waals surface area contributed by atoms with E-state index in [9.17, 15) is 0 Å². The fraction of sp³-hybridized carbons (Fsp3) is 0.125. The Morgan fingerprint density at radius 3 is 3.20 bits per heavy atom. The monoisotopic (exact) mass is 132 g/mol. The molecule has 0 aromatic rings. The Morgan fingerprint density at radius 1 is 1.40 bits per heavy atom. The van der Waals surface area contributed by atoms with Crippen LogP contribution >= 0.6 is 0 Å². The molecular weight excluding hydrogens is 124 g/mol. The zero-order valence-electron chi connectivity index (χ0n) is 5.49. The van der Waals surface area contributed by atoms with Crippen molar-refractivity contribution in [2.45, 2.75) is 0 Å². The third-order valence-corrected chi connectivity index (χ3v) is 1.67. The molecule has 2 nitrogen and oxygen atoms in total. The second-order valence-electron chi connectivity index (χ2n) is 2.42. The first-order valence-electron chi connectivity index (χ1n) is 3.26. The van der Waals surface area contributed by atoms with Gasteiger partial charge in [0.15, 0.2) is 0 Å². The number of rotatable bonds is 0. The Balaban J connectivity index is 2.39. The molecule has 1 atom stereocenters. The molecule has 1 aliphatic carbocycles. The summed E-state index contributed by atoms with van der Waals surface area (Å²) in [5, 5.41) is 0. The van der Waals surface area contributed by atoms with Gasteiger partial charge in [0.2, 0.25) is 0 Å². The van der Waals surface area contributed by atoms with Crippen molar-refractivity contribution in [2.24, 2.45) is 16.6 Å². The maximum atomic E-state index is 5.56. The van der Waals surface area contributed by atoms with E-state index in [0.717, 1.165) is 11.4 Å². The molecule has 2 aliphatic rings. The molecule has 0 radical (unpaired) electrons. The van der Waals surface area contributed by atoms with Crippen LogP contribution in [-0.2, 0) is 0 Å². The van der Waals surface area contributed by atoms with Gasteiger partial charge in [0.1, 0.15) is 0 Å². The Morgan fingerprint density at radius 2 is 2.30 bits per heavy atom. The molecule has 0 aromatic heterocycles. The molecule has 0 bridgehead atoms. The Labute approximate surface area is 59.4 Å². The van der Waals surface area contributed by atoms with Gasteiger partial charge in [-0.3, -0.25) is 4.99 Å². The van der Waals surface area contributed by atoms with E-state index in [1.165, 1.54) is 0 Å². The number of fused-ring (bicyclic) bond motifs is 1. The number of hydrogen-bond acceptors (Lipinski definition) is 2. The van der Waals surface area contributed by atoms with E-state index in [1.807, 2.05) is 18.4 Å². The van der Waals surface area contributed by atoms with Crippen LogP contribution in [0.4, 0.5) is 0 Å². The maximum Gasteiger partial charge on any atom is 0.0531 e. The summed E-state index contributed by atoms with van der Waals surface area (Å²) >= 11 is 0. The van der Waals surface area contributed by atoms with Crippen LogP contribution in [0, 0.1) is 5.92 Å². The highest BCUT2D eigenvalue weighted by Gasteiger charge is 2.14. The average molecular weight is 132 g/mol.